The molecule has 0 aliphatic rings. The first-order valence-electron chi connectivity index (χ1n) is 11.0. The van der Waals surface area contributed by atoms with Crippen LogP contribution in [-0.4, -0.2) is 0 Å². The van der Waals surface area contributed by atoms with Crippen molar-refractivity contribution in [3.05, 3.63) is 127 Å². The Labute approximate surface area is 194 Å². The molecule has 3 heteroatoms. The van der Waals surface area contributed by atoms with Crippen LogP contribution in [0.5, 0.6) is 0 Å². The van der Waals surface area contributed by atoms with Gasteiger partial charge in [0.15, 0.2) is 0 Å². The molecule has 0 aliphatic heterocycles. The molecule has 0 bridgehead atoms. The first-order valence-corrected chi connectivity index (χ1v) is 11.0. The molecule has 5 rings (SSSR count). The molecule has 0 saturated carbocycles. The molecule has 3 nitrogen and oxygen atoms in total. The van der Waals surface area contributed by atoms with Crippen LogP contribution in [0.2, 0.25) is 0 Å². The Morgan fingerprint density at radius 1 is 0.424 bits per heavy atom. The summed E-state index contributed by atoms with van der Waals surface area (Å²) < 4.78 is 0. The van der Waals surface area contributed by atoms with Crippen molar-refractivity contribution in [1.82, 2.24) is 0 Å². The van der Waals surface area contributed by atoms with E-state index in [0.29, 0.717) is 0 Å². The summed E-state index contributed by atoms with van der Waals surface area (Å²) in [7, 11) is 0. The Morgan fingerprint density at radius 2 is 1.00 bits per heavy atom. The van der Waals surface area contributed by atoms with Crippen molar-refractivity contribution in [2.75, 3.05) is 16.4 Å². The summed E-state index contributed by atoms with van der Waals surface area (Å²) in [5.74, 6) is 0. The lowest BCUT2D eigenvalue weighted by molar-refractivity contribution is 1.50. The third kappa shape index (κ3) is 4.73. The topological polar surface area (TPSA) is 50.1 Å². The van der Waals surface area contributed by atoms with Gasteiger partial charge in [-0.2, -0.15) is 0 Å². The zero-order valence-electron chi connectivity index (χ0n) is 18.2. The van der Waals surface area contributed by atoms with Crippen LogP contribution in [0.3, 0.4) is 0 Å². The molecule has 5 aromatic rings. The van der Waals surface area contributed by atoms with Gasteiger partial charge < -0.3 is 16.4 Å². The Bertz CT molecular complexity index is 1340. The predicted octanol–water partition coefficient (Wildman–Crippen LogP) is 8.09. The second kappa shape index (κ2) is 9.33. The van der Waals surface area contributed by atoms with E-state index >= 15 is 0 Å². The van der Waals surface area contributed by atoms with Crippen LogP contribution >= 0.6 is 0 Å². The third-order valence-electron chi connectivity index (χ3n) is 5.58. The molecule has 0 aliphatic carbocycles. The summed E-state index contributed by atoms with van der Waals surface area (Å²) in [5.41, 5.74) is 15.4. The van der Waals surface area contributed by atoms with Crippen LogP contribution < -0.4 is 16.4 Å². The van der Waals surface area contributed by atoms with Crippen LogP contribution in [0.15, 0.2) is 127 Å². The lowest BCUT2D eigenvalue weighted by atomic mass is 10.0. The molecular formula is C30H25N3. The number of nitrogens with two attached hydrogens (primary N) is 1. The average Bonchev–Trinajstić information content (AvgIpc) is 2.86. The van der Waals surface area contributed by atoms with Gasteiger partial charge in [-0.15, -0.1) is 0 Å². The van der Waals surface area contributed by atoms with Gasteiger partial charge in [-0.1, -0.05) is 84.9 Å². The van der Waals surface area contributed by atoms with Gasteiger partial charge in [-0.3, -0.25) is 0 Å². The highest BCUT2D eigenvalue weighted by molar-refractivity contribution is 5.86. The van der Waals surface area contributed by atoms with Crippen LogP contribution in [0.4, 0.5) is 28.4 Å². The second-order valence-electron chi connectivity index (χ2n) is 7.91. The zero-order valence-corrected chi connectivity index (χ0v) is 18.2. The predicted molar refractivity (Wildman–Crippen MR) is 141 cm³/mol. The van der Waals surface area contributed by atoms with E-state index in [1.165, 1.54) is 5.56 Å². The van der Waals surface area contributed by atoms with Gasteiger partial charge in [-0.25, -0.2) is 0 Å². The average molecular weight is 428 g/mol. The van der Waals surface area contributed by atoms with E-state index in [-0.39, 0.29) is 0 Å². The van der Waals surface area contributed by atoms with Crippen molar-refractivity contribution in [3.63, 3.8) is 0 Å². The smallest absolute Gasteiger partial charge is 0.0484 e. The molecule has 0 heterocycles. The summed E-state index contributed by atoms with van der Waals surface area (Å²) >= 11 is 0. The monoisotopic (exact) mass is 427 g/mol. The lowest BCUT2D eigenvalue weighted by Gasteiger charge is -2.17. The molecule has 0 aromatic heterocycles. The lowest BCUT2D eigenvalue weighted by Crippen LogP contribution is -1.97. The highest BCUT2D eigenvalue weighted by Crippen LogP contribution is 2.36. The fourth-order valence-electron chi connectivity index (χ4n) is 3.93. The molecule has 0 atom stereocenters. The highest BCUT2D eigenvalue weighted by Gasteiger charge is 2.10. The Kier molecular flexibility index (Phi) is 5.77. The van der Waals surface area contributed by atoms with Crippen molar-refractivity contribution in [2.45, 2.75) is 0 Å². The molecule has 0 radical (unpaired) electrons. The number of benzene rings is 5. The van der Waals surface area contributed by atoms with E-state index < -0.39 is 0 Å². The number of nitrogen functional groups attached to an aromatic ring is 1. The largest absolute Gasteiger partial charge is 0.399 e. The first-order chi connectivity index (χ1) is 16.3. The minimum absolute atomic E-state index is 0.761. The number of hydrogen-bond donors (Lipinski definition) is 3. The number of anilines is 5. The van der Waals surface area contributed by atoms with E-state index in [1.54, 1.807) is 0 Å². The summed E-state index contributed by atoms with van der Waals surface area (Å²) in [4.78, 5) is 0. The first kappa shape index (κ1) is 20.4. The van der Waals surface area contributed by atoms with Crippen LogP contribution in [0.25, 0.3) is 22.3 Å². The fraction of sp³-hybridized carbons (Fsp3) is 0. The number of para-hydroxylation sites is 2. The quantitative estimate of drug-likeness (QED) is 0.240. The summed E-state index contributed by atoms with van der Waals surface area (Å²) in [5, 5.41) is 7.22. The Morgan fingerprint density at radius 3 is 1.76 bits per heavy atom. The zero-order chi connectivity index (χ0) is 22.5. The minimum Gasteiger partial charge on any atom is -0.399 e. The van der Waals surface area contributed by atoms with Crippen LogP contribution in [0.1, 0.15) is 0 Å². The van der Waals surface area contributed by atoms with Crippen molar-refractivity contribution in [1.29, 1.82) is 0 Å². The Hall–Kier alpha value is -4.50. The molecule has 33 heavy (non-hydrogen) atoms. The van der Waals surface area contributed by atoms with Gasteiger partial charge >= 0.3 is 0 Å². The van der Waals surface area contributed by atoms with Gasteiger partial charge in [-0.05, 0) is 53.6 Å². The molecule has 5 aromatic carbocycles. The molecular weight excluding hydrogens is 402 g/mol. The summed E-state index contributed by atoms with van der Waals surface area (Å²) in [6.45, 7) is 0. The maximum Gasteiger partial charge on any atom is 0.0484 e. The third-order valence-corrected chi connectivity index (χ3v) is 5.58. The molecule has 0 spiro atoms. The van der Waals surface area contributed by atoms with Crippen LogP contribution in [-0.2, 0) is 0 Å². The van der Waals surface area contributed by atoms with Crippen molar-refractivity contribution in [3.8, 4) is 22.3 Å². The van der Waals surface area contributed by atoms with Gasteiger partial charge in [0, 0.05) is 39.6 Å². The maximum absolute atomic E-state index is 5.89. The molecule has 0 saturated heterocycles. The summed E-state index contributed by atoms with van der Waals surface area (Å²) in [6.07, 6.45) is 0. The molecule has 0 unspecified atom stereocenters. The van der Waals surface area contributed by atoms with Crippen molar-refractivity contribution >= 4 is 28.4 Å². The highest BCUT2D eigenvalue weighted by atomic mass is 14.9. The SMILES string of the molecule is Nc1ccc(-c2ccccc2Nc2ccc(-c3ccccc3)c(Nc3ccccc3)c2)cc1. The number of rotatable bonds is 6. The number of nitrogens with one attached hydrogen (secondary N) is 2. The van der Waals surface area contributed by atoms with Gasteiger partial charge in [0.1, 0.15) is 0 Å². The van der Waals surface area contributed by atoms with Crippen molar-refractivity contribution in [2.24, 2.45) is 0 Å². The van der Waals surface area contributed by atoms with Gasteiger partial charge in [0.05, 0.1) is 0 Å². The van der Waals surface area contributed by atoms with E-state index in [9.17, 15) is 0 Å². The fourth-order valence-corrected chi connectivity index (χ4v) is 3.93. The summed E-state index contributed by atoms with van der Waals surface area (Å²) in [6, 6.07) is 43.4. The molecule has 4 N–H and O–H groups in total. The minimum atomic E-state index is 0.761. The standard InChI is InChI=1S/C30H25N3/c31-24-17-15-23(16-18-24)27-13-7-8-14-29(27)33-26-19-20-28(22-9-3-1-4-10-22)30(21-26)32-25-11-5-2-6-12-25/h1-21,32-33H,31H2. The molecule has 0 amide bonds. The van der Waals surface area contributed by atoms with E-state index in [0.717, 1.165) is 45.1 Å². The Balaban J connectivity index is 1.52. The van der Waals surface area contributed by atoms with E-state index in [4.69, 9.17) is 5.73 Å². The van der Waals surface area contributed by atoms with Gasteiger partial charge in [0.2, 0.25) is 0 Å². The van der Waals surface area contributed by atoms with E-state index in [2.05, 4.69) is 95.6 Å². The normalized spacial score (nSPS) is 10.5. The van der Waals surface area contributed by atoms with E-state index in [1.807, 2.05) is 42.5 Å². The van der Waals surface area contributed by atoms with Crippen molar-refractivity contribution < 1.29 is 0 Å². The molecule has 0 fully saturated rings. The number of hydrogen-bond acceptors (Lipinski definition) is 3. The molecule has 160 valence electrons. The van der Waals surface area contributed by atoms with Gasteiger partial charge in [0.25, 0.3) is 0 Å². The van der Waals surface area contributed by atoms with Crippen LogP contribution in [0, 0.1) is 0 Å². The maximum atomic E-state index is 5.89. The second-order valence-corrected chi connectivity index (χ2v) is 7.91.